The number of alkyl halides is 3. The molecule has 1 saturated heterocycles. The third-order valence-electron chi connectivity index (χ3n) is 4.93. The molecule has 0 radical (unpaired) electrons. The van der Waals surface area contributed by atoms with Crippen molar-refractivity contribution in [1.82, 2.24) is 19.6 Å². The first-order chi connectivity index (χ1) is 13.3. The van der Waals surface area contributed by atoms with Crippen molar-refractivity contribution in [3.05, 3.63) is 58.0 Å². The summed E-state index contributed by atoms with van der Waals surface area (Å²) < 4.78 is 45.7. The highest BCUT2D eigenvalue weighted by molar-refractivity contribution is 5.77. The van der Waals surface area contributed by atoms with E-state index in [-0.39, 0.29) is 11.2 Å². The topological polar surface area (TPSA) is 64.2 Å². The first-order valence-electron chi connectivity index (χ1n) is 9.04. The summed E-state index contributed by atoms with van der Waals surface area (Å²) in [7, 11) is 0. The van der Waals surface area contributed by atoms with E-state index in [0.717, 1.165) is 16.7 Å². The Morgan fingerprint density at radius 3 is 2.79 bits per heavy atom. The van der Waals surface area contributed by atoms with Crippen LogP contribution in [0.4, 0.5) is 13.2 Å². The number of hydrogen-bond donors (Lipinski definition) is 0. The Morgan fingerprint density at radius 1 is 1.29 bits per heavy atom. The number of likely N-dealkylation sites (tertiary alicyclic amines) is 1. The fourth-order valence-corrected chi connectivity index (χ4v) is 3.77. The van der Waals surface area contributed by atoms with Gasteiger partial charge in [0.05, 0.1) is 29.2 Å². The van der Waals surface area contributed by atoms with E-state index in [0.29, 0.717) is 30.8 Å². The van der Waals surface area contributed by atoms with Gasteiger partial charge in [0.15, 0.2) is 5.76 Å². The summed E-state index contributed by atoms with van der Waals surface area (Å²) in [5, 5.41) is 4.04. The fraction of sp³-hybridized carbons (Fsp3) is 0.421. The van der Waals surface area contributed by atoms with Crippen molar-refractivity contribution in [3.8, 4) is 0 Å². The normalized spacial score (nSPS) is 18.2. The molecule has 1 unspecified atom stereocenters. The third-order valence-corrected chi connectivity index (χ3v) is 4.93. The van der Waals surface area contributed by atoms with Gasteiger partial charge in [-0.15, -0.1) is 0 Å². The van der Waals surface area contributed by atoms with Crippen LogP contribution in [0.3, 0.4) is 0 Å². The largest absolute Gasteiger partial charge is 0.406 e. The molecule has 2 aromatic heterocycles. The monoisotopic (exact) mass is 392 g/mol. The van der Waals surface area contributed by atoms with Gasteiger partial charge in [-0.3, -0.25) is 14.3 Å². The number of nitrogens with zero attached hydrogens (tertiary/aromatic N) is 4. The van der Waals surface area contributed by atoms with Crippen LogP contribution in [0.1, 0.15) is 36.2 Å². The first-order valence-corrected chi connectivity index (χ1v) is 9.04. The lowest BCUT2D eigenvalue weighted by Gasteiger charge is -2.26. The average molecular weight is 392 g/mol. The minimum absolute atomic E-state index is 0.148. The molecule has 3 aromatic rings. The van der Waals surface area contributed by atoms with Crippen LogP contribution < -0.4 is 5.56 Å². The number of fused-ring (bicyclic) bond motifs is 1. The van der Waals surface area contributed by atoms with Crippen LogP contribution in [0.5, 0.6) is 0 Å². The molecule has 0 saturated carbocycles. The van der Waals surface area contributed by atoms with Gasteiger partial charge in [0.25, 0.3) is 5.56 Å². The highest BCUT2D eigenvalue weighted by atomic mass is 19.4. The summed E-state index contributed by atoms with van der Waals surface area (Å²) in [6, 6.07) is 7.90. The number of benzene rings is 1. The van der Waals surface area contributed by atoms with Crippen molar-refractivity contribution in [2.75, 3.05) is 6.54 Å². The zero-order valence-electron chi connectivity index (χ0n) is 15.2. The molecule has 0 bridgehead atoms. The molecule has 0 aliphatic carbocycles. The van der Waals surface area contributed by atoms with Crippen molar-refractivity contribution < 1.29 is 17.7 Å². The molecule has 9 heteroatoms. The van der Waals surface area contributed by atoms with E-state index in [4.69, 9.17) is 4.52 Å². The maximum absolute atomic E-state index is 13.2. The lowest BCUT2D eigenvalue weighted by Crippen LogP contribution is -2.35. The second-order valence-corrected chi connectivity index (χ2v) is 7.06. The van der Waals surface area contributed by atoms with Crippen molar-refractivity contribution in [2.45, 2.75) is 45.1 Å². The number of halogens is 3. The molecule has 0 N–H and O–H groups in total. The molecule has 1 atom stereocenters. The number of para-hydroxylation sites is 1. The van der Waals surface area contributed by atoms with E-state index in [1.54, 1.807) is 31.2 Å². The molecule has 4 rings (SSSR count). The molecule has 1 aliphatic heterocycles. The van der Waals surface area contributed by atoms with Crippen LogP contribution >= 0.6 is 0 Å². The molecule has 1 aromatic carbocycles. The van der Waals surface area contributed by atoms with Crippen LogP contribution in [-0.2, 0) is 13.1 Å². The highest BCUT2D eigenvalue weighted by Gasteiger charge is 2.35. The van der Waals surface area contributed by atoms with Gasteiger partial charge in [-0.2, -0.15) is 13.2 Å². The minimum Gasteiger partial charge on any atom is -0.360 e. The van der Waals surface area contributed by atoms with Gasteiger partial charge in [-0.05, 0) is 38.4 Å². The molecule has 0 spiro atoms. The Hall–Kier alpha value is -2.68. The SMILES string of the molecule is Cc1cc(CN2CCCC2c2nc3ccccc3c(=O)n2CC(F)(F)F)on1. The Balaban J connectivity index is 1.79. The van der Waals surface area contributed by atoms with Gasteiger partial charge in [-0.25, -0.2) is 4.98 Å². The zero-order valence-corrected chi connectivity index (χ0v) is 15.2. The predicted octanol–water partition coefficient (Wildman–Crippen LogP) is 3.59. The van der Waals surface area contributed by atoms with Crippen LogP contribution in [-0.4, -0.2) is 32.3 Å². The lowest BCUT2D eigenvalue weighted by atomic mass is 10.1. The van der Waals surface area contributed by atoms with Gasteiger partial charge in [0.1, 0.15) is 12.4 Å². The van der Waals surface area contributed by atoms with E-state index >= 15 is 0 Å². The smallest absolute Gasteiger partial charge is 0.360 e. The van der Waals surface area contributed by atoms with Crippen LogP contribution in [0, 0.1) is 6.92 Å². The second kappa shape index (κ2) is 7.05. The second-order valence-electron chi connectivity index (χ2n) is 7.06. The Kier molecular flexibility index (Phi) is 4.70. The van der Waals surface area contributed by atoms with Gasteiger partial charge in [-0.1, -0.05) is 17.3 Å². The Bertz CT molecular complexity index is 1060. The van der Waals surface area contributed by atoms with E-state index in [1.807, 2.05) is 4.90 Å². The Labute approximate surface area is 158 Å². The summed E-state index contributed by atoms with van der Waals surface area (Å²) in [6.45, 7) is 1.53. The lowest BCUT2D eigenvalue weighted by molar-refractivity contribution is -0.142. The van der Waals surface area contributed by atoms with Crippen molar-refractivity contribution >= 4 is 10.9 Å². The van der Waals surface area contributed by atoms with Gasteiger partial charge < -0.3 is 4.52 Å². The van der Waals surface area contributed by atoms with E-state index in [2.05, 4.69) is 10.1 Å². The quantitative estimate of drug-likeness (QED) is 0.679. The van der Waals surface area contributed by atoms with Crippen molar-refractivity contribution in [2.24, 2.45) is 0 Å². The molecule has 0 amide bonds. The van der Waals surface area contributed by atoms with Gasteiger partial charge in [0.2, 0.25) is 0 Å². The number of rotatable bonds is 4. The number of aromatic nitrogens is 3. The predicted molar refractivity (Wildman–Crippen MR) is 95.7 cm³/mol. The number of aryl methyl sites for hydroxylation is 1. The first kappa shape index (κ1) is 18.7. The maximum Gasteiger partial charge on any atom is 0.406 e. The van der Waals surface area contributed by atoms with E-state index < -0.39 is 24.3 Å². The van der Waals surface area contributed by atoms with Gasteiger partial charge in [0, 0.05) is 6.07 Å². The van der Waals surface area contributed by atoms with Crippen LogP contribution in [0.15, 0.2) is 39.6 Å². The van der Waals surface area contributed by atoms with Crippen molar-refractivity contribution in [1.29, 1.82) is 0 Å². The summed E-state index contributed by atoms with van der Waals surface area (Å²) in [5.41, 5.74) is 0.479. The Morgan fingerprint density at radius 2 is 2.07 bits per heavy atom. The van der Waals surface area contributed by atoms with Gasteiger partial charge >= 0.3 is 6.18 Å². The molecular formula is C19H19F3N4O2. The molecule has 6 nitrogen and oxygen atoms in total. The summed E-state index contributed by atoms with van der Waals surface area (Å²) in [4.78, 5) is 19.3. The van der Waals surface area contributed by atoms with Crippen LogP contribution in [0.25, 0.3) is 10.9 Å². The highest BCUT2D eigenvalue weighted by Crippen LogP contribution is 2.33. The summed E-state index contributed by atoms with van der Waals surface area (Å²) >= 11 is 0. The summed E-state index contributed by atoms with van der Waals surface area (Å²) in [6.07, 6.45) is -3.10. The van der Waals surface area contributed by atoms with Crippen molar-refractivity contribution in [3.63, 3.8) is 0 Å². The average Bonchev–Trinajstić information content (AvgIpc) is 3.25. The minimum atomic E-state index is -4.52. The van der Waals surface area contributed by atoms with Crippen LogP contribution in [0.2, 0.25) is 0 Å². The summed E-state index contributed by atoms with van der Waals surface area (Å²) in [5.74, 6) is 0.782. The zero-order chi connectivity index (χ0) is 19.9. The third kappa shape index (κ3) is 3.66. The molecular weight excluding hydrogens is 373 g/mol. The van der Waals surface area contributed by atoms with E-state index in [9.17, 15) is 18.0 Å². The molecule has 3 heterocycles. The number of hydrogen-bond acceptors (Lipinski definition) is 5. The molecule has 148 valence electrons. The molecule has 28 heavy (non-hydrogen) atoms. The molecule has 1 fully saturated rings. The standard InChI is InChI=1S/C19H19F3N4O2/c1-12-9-13(28-24-12)10-25-8-4-7-16(25)17-23-15-6-3-2-5-14(15)18(27)26(17)11-19(20,21)22/h2-3,5-6,9,16H,4,7-8,10-11H2,1H3. The fourth-order valence-electron chi connectivity index (χ4n) is 3.77. The maximum atomic E-state index is 13.2. The van der Waals surface area contributed by atoms with E-state index in [1.165, 1.54) is 6.07 Å². The molecule has 1 aliphatic rings.